The Morgan fingerprint density at radius 1 is 1.20 bits per heavy atom. The molecule has 60 valence electrons. The van der Waals surface area contributed by atoms with Crippen LogP contribution in [0.1, 0.15) is 45.4 Å². The monoisotopic (exact) mass is 144 g/mol. The normalized spacial score (nSPS) is 24.6. The molecule has 1 heteroatoms. The Labute approximate surface area is 62.8 Å². The van der Waals surface area contributed by atoms with Crippen LogP contribution in [-0.4, -0.2) is 6.67 Å². The van der Waals surface area contributed by atoms with Crippen molar-refractivity contribution in [2.24, 2.45) is 5.41 Å². The summed E-state index contributed by atoms with van der Waals surface area (Å²) in [5.41, 5.74) is 0.0955. The van der Waals surface area contributed by atoms with Gasteiger partial charge in [0.05, 0.1) is 6.67 Å². The smallest absolute Gasteiger partial charge is 0.0950 e. The Balaban J connectivity index is 2.44. The van der Waals surface area contributed by atoms with Gasteiger partial charge < -0.3 is 0 Å². The first kappa shape index (κ1) is 8.03. The van der Waals surface area contributed by atoms with Gasteiger partial charge >= 0.3 is 0 Å². The van der Waals surface area contributed by atoms with E-state index in [1.54, 1.807) is 0 Å². The van der Waals surface area contributed by atoms with E-state index >= 15 is 0 Å². The molecule has 1 rings (SSSR count). The van der Waals surface area contributed by atoms with Crippen LogP contribution in [0.4, 0.5) is 4.39 Å². The minimum absolute atomic E-state index is 0.0938. The first-order valence-electron chi connectivity index (χ1n) is 4.39. The molecule has 1 aliphatic carbocycles. The molecular weight excluding hydrogens is 127 g/mol. The zero-order chi connectivity index (χ0) is 7.45. The highest BCUT2D eigenvalue weighted by molar-refractivity contribution is 4.80. The van der Waals surface area contributed by atoms with E-state index in [9.17, 15) is 4.39 Å². The zero-order valence-corrected chi connectivity index (χ0v) is 6.83. The maximum Gasteiger partial charge on any atom is 0.0950 e. The van der Waals surface area contributed by atoms with Crippen LogP contribution in [0.25, 0.3) is 0 Å². The summed E-state index contributed by atoms with van der Waals surface area (Å²) >= 11 is 0. The molecule has 0 bridgehead atoms. The van der Waals surface area contributed by atoms with E-state index in [1.165, 1.54) is 19.3 Å². The molecule has 0 atom stereocenters. The molecule has 0 amide bonds. The SMILES string of the molecule is CCC1(CF)CCCCC1. The van der Waals surface area contributed by atoms with Gasteiger partial charge in [0.2, 0.25) is 0 Å². The topological polar surface area (TPSA) is 0 Å². The number of alkyl halides is 1. The Morgan fingerprint density at radius 2 is 1.80 bits per heavy atom. The Kier molecular flexibility index (Phi) is 2.70. The maximum atomic E-state index is 12.5. The number of hydrogen-bond acceptors (Lipinski definition) is 0. The summed E-state index contributed by atoms with van der Waals surface area (Å²) in [7, 11) is 0. The second-order valence-corrected chi connectivity index (χ2v) is 3.55. The van der Waals surface area contributed by atoms with E-state index < -0.39 is 0 Å². The first-order chi connectivity index (χ1) is 4.83. The standard InChI is InChI=1S/C9H17F/c1-2-9(8-10)6-4-3-5-7-9/h2-8H2,1H3. The van der Waals surface area contributed by atoms with Crippen LogP contribution < -0.4 is 0 Å². The van der Waals surface area contributed by atoms with E-state index in [2.05, 4.69) is 6.92 Å². The summed E-state index contributed by atoms with van der Waals surface area (Å²) in [4.78, 5) is 0. The second-order valence-electron chi connectivity index (χ2n) is 3.55. The lowest BCUT2D eigenvalue weighted by atomic mass is 9.73. The van der Waals surface area contributed by atoms with Gasteiger partial charge in [0.1, 0.15) is 0 Å². The third-order valence-corrected chi connectivity index (χ3v) is 2.95. The van der Waals surface area contributed by atoms with Crippen molar-refractivity contribution in [3.05, 3.63) is 0 Å². The lowest BCUT2D eigenvalue weighted by molar-refractivity contribution is 0.132. The fraction of sp³-hybridized carbons (Fsp3) is 1.00. The summed E-state index contributed by atoms with van der Waals surface area (Å²) in [5.74, 6) is 0. The van der Waals surface area contributed by atoms with Gasteiger partial charge in [-0.05, 0) is 24.7 Å². The van der Waals surface area contributed by atoms with Gasteiger partial charge in [0.15, 0.2) is 0 Å². The second kappa shape index (κ2) is 3.36. The van der Waals surface area contributed by atoms with Gasteiger partial charge in [-0.15, -0.1) is 0 Å². The van der Waals surface area contributed by atoms with Gasteiger partial charge in [0, 0.05) is 0 Å². The quantitative estimate of drug-likeness (QED) is 0.557. The van der Waals surface area contributed by atoms with Crippen molar-refractivity contribution in [3.8, 4) is 0 Å². The summed E-state index contributed by atoms with van der Waals surface area (Å²) < 4.78 is 12.5. The first-order valence-corrected chi connectivity index (χ1v) is 4.39. The fourth-order valence-corrected chi connectivity index (χ4v) is 1.88. The Hall–Kier alpha value is -0.0700. The molecule has 1 saturated carbocycles. The van der Waals surface area contributed by atoms with Gasteiger partial charge in [0.25, 0.3) is 0 Å². The maximum absolute atomic E-state index is 12.5. The van der Waals surface area contributed by atoms with Crippen molar-refractivity contribution in [1.29, 1.82) is 0 Å². The number of rotatable bonds is 2. The van der Waals surface area contributed by atoms with Crippen LogP contribution >= 0.6 is 0 Å². The van der Waals surface area contributed by atoms with E-state index in [1.807, 2.05) is 0 Å². The van der Waals surface area contributed by atoms with Gasteiger partial charge in [-0.3, -0.25) is 4.39 Å². The van der Waals surface area contributed by atoms with Gasteiger partial charge in [-0.25, -0.2) is 0 Å². The molecule has 0 heterocycles. The van der Waals surface area contributed by atoms with Crippen molar-refractivity contribution in [2.45, 2.75) is 45.4 Å². The van der Waals surface area contributed by atoms with Crippen LogP contribution in [0, 0.1) is 5.41 Å². The van der Waals surface area contributed by atoms with Gasteiger partial charge in [-0.2, -0.15) is 0 Å². The van der Waals surface area contributed by atoms with Crippen LogP contribution in [0.5, 0.6) is 0 Å². The van der Waals surface area contributed by atoms with Crippen LogP contribution in [0.2, 0.25) is 0 Å². The highest BCUT2D eigenvalue weighted by atomic mass is 19.1. The van der Waals surface area contributed by atoms with Crippen molar-refractivity contribution >= 4 is 0 Å². The minimum Gasteiger partial charge on any atom is -0.250 e. The van der Waals surface area contributed by atoms with Crippen molar-refractivity contribution in [2.75, 3.05) is 6.67 Å². The third-order valence-electron chi connectivity index (χ3n) is 2.95. The summed E-state index contributed by atoms with van der Waals surface area (Å²) in [6.45, 7) is 2.02. The number of halogens is 1. The predicted molar refractivity (Wildman–Crippen MR) is 41.8 cm³/mol. The van der Waals surface area contributed by atoms with E-state index in [0.29, 0.717) is 0 Å². The lowest BCUT2D eigenvalue weighted by Gasteiger charge is -2.33. The molecule has 0 spiro atoms. The summed E-state index contributed by atoms with van der Waals surface area (Å²) in [5, 5.41) is 0. The molecule has 1 fully saturated rings. The van der Waals surface area contributed by atoms with E-state index in [4.69, 9.17) is 0 Å². The number of hydrogen-bond donors (Lipinski definition) is 0. The molecule has 0 aromatic rings. The van der Waals surface area contributed by atoms with Crippen molar-refractivity contribution in [1.82, 2.24) is 0 Å². The molecule has 0 nitrogen and oxygen atoms in total. The van der Waals surface area contributed by atoms with Gasteiger partial charge in [-0.1, -0.05) is 26.2 Å². The zero-order valence-electron chi connectivity index (χ0n) is 6.83. The molecule has 0 aromatic heterocycles. The molecule has 1 aliphatic rings. The molecule has 0 unspecified atom stereocenters. The van der Waals surface area contributed by atoms with Crippen molar-refractivity contribution in [3.63, 3.8) is 0 Å². The van der Waals surface area contributed by atoms with E-state index in [0.717, 1.165) is 19.3 Å². The molecule has 10 heavy (non-hydrogen) atoms. The molecule has 0 N–H and O–H groups in total. The fourth-order valence-electron chi connectivity index (χ4n) is 1.88. The third kappa shape index (κ3) is 1.50. The molecule has 0 saturated heterocycles. The molecule has 0 radical (unpaired) electrons. The van der Waals surface area contributed by atoms with Crippen LogP contribution in [0.3, 0.4) is 0 Å². The van der Waals surface area contributed by atoms with Crippen LogP contribution in [0.15, 0.2) is 0 Å². The largest absolute Gasteiger partial charge is 0.250 e. The highest BCUT2D eigenvalue weighted by Crippen LogP contribution is 2.39. The highest BCUT2D eigenvalue weighted by Gasteiger charge is 2.29. The van der Waals surface area contributed by atoms with E-state index in [-0.39, 0.29) is 12.1 Å². The average Bonchev–Trinajstić information content (AvgIpc) is 2.06. The predicted octanol–water partition coefficient (Wildman–Crippen LogP) is 3.32. The van der Waals surface area contributed by atoms with Crippen LogP contribution in [-0.2, 0) is 0 Å². The Bertz CT molecular complexity index is 86.9. The molecule has 0 aromatic carbocycles. The van der Waals surface area contributed by atoms with Crippen molar-refractivity contribution < 1.29 is 4.39 Å². The summed E-state index contributed by atoms with van der Waals surface area (Å²) in [6.07, 6.45) is 7.10. The molecule has 0 aliphatic heterocycles. The molecular formula is C9H17F. The average molecular weight is 144 g/mol. The minimum atomic E-state index is -0.0938. The Morgan fingerprint density at radius 3 is 2.10 bits per heavy atom. The summed E-state index contributed by atoms with van der Waals surface area (Å²) in [6, 6.07) is 0. The lowest BCUT2D eigenvalue weighted by Crippen LogP contribution is -2.25.